The third-order valence-corrected chi connectivity index (χ3v) is 4.82. The van der Waals surface area contributed by atoms with Crippen molar-refractivity contribution in [1.29, 1.82) is 0 Å². The maximum atomic E-state index is 9.83. The molecule has 7 heteroatoms. The van der Waals surface area contributed by atoms with Crippen LogP contribution in [0.5, 0.6) is 0 Å². The molecule has 0 aromatic carbocycles. The largest absolute Gasteiger partial charge is 0.394 e. The number of rotatable bonds is 4. The van der Waals surface area contributed by atoms with Crippen molar-refractivity contribution in [2.24, 2.45) is 0 Å². The Balaban J connectivity index is 2.01. The van der Waals surface area contributed by atoms with E-state index in [0.29, 0.717) is 19.2 Å². The second-order valence-corrected chi connectivity index (χ2v) is 6.63. The molecule has 6 nitrogen and oxygen atoms in total. The summed E-state index contributed by atoms with van der Waals surface area (Å²) in [6.07, 6.45) is 1.54. The molecule has 3 heterocycles. The SMILES string of the molecule is CNc1nc(NC2(CO)CCOCC2)c2cc(C)sc2n1. The Morgan fingerprint density at radius 2 is 2.14 bits per heavy atom. The summed E-state index contributed by atoms with van der Waals surface area (Å²) in [5.41, 5.74) is -0.361. The maximum absolute atomic E-state index is 9.83. The molecule has 0 saturated carbocycles. The minimum Gasteiger partial charge on any atom is -0.394 e. The zero-order valence-electron chi connectivity index (χ0n) is 12.3. The molecule has 0 unspecified atom stereocenters. The van der Waals surface area contributed by atoms with Crippen molar-refractivity contribution >= 4 is 33.3 Å². The third-order valence-electron chi connectivity index (χ3n) is 3.88. The van der Waals surface area contributed by atoms with E-state index in [0.717, 1.165) is 28.9 Å². The number of aryl methyl sites for hydroxylation is 1. The first-order chi connectivity index (χ1) is 10.2. The van der Waals surface area contributed by atoms with Gasteiger partial charge in [-0.1, -0.05) is 0 Å². The van der Waals surface area contributed by atoms with Crippen molar-refractivity contribution in [1.82, 2.24) is 9.97 Å². The highest BCUT2D eigenvalue weighted by Gasteiger charge is 2.33. The van der Waals surface area contributed by atoms with Gasteiger partial charge in [-0.15, -0.1) is 11.3 Å². The lowest BCUT2D eigenvalue weighted by Crippen LogP contribution is -2.47. The number of thiophene rings is 1. The molecule has 0 aliphatic carbocycles. The lowest BCUT2D eigenvalue weighted by Gasteiger charge is -2.36. The van der Waals surface area contributed by atoms with Crippen LogP contribution in [0, 0.1) is 6.92 Å². The summed E-state index contributed by atoms with van der Waals surface area (Å²) in [6.45, 7) is 3.44. The molecule has 0 atom stereocenters. The predicted octanol–water partition coefficient (Wildman–Crippen LogP) is 1.99. The first kappa shape index (κ1) is 14.5. The van der Waals surface area contributed by atoms with Crippen LogP contribution in [-0.2, 0) is 4.74 Å². The molecular weight excluding hydrogens is 288 g/mol. The minimum atomic E-state index is -0.361. The summed E-state index contributed by atoms with van der Waals surface area (Å²) in [7, 11) is 1.81. The maximum Gasteiger partial charge on any atom is 0.225 e. The van der Waals surface area contributed by atoms with Gasteiger partial charge in [0.2, 0.25) is 5.95 Å². The number of aromatic nitrogens is 2. The van der Waals surface area contributed by atoms with Gasteiger partial charge < -0.3 is 20.5 Å². The Hall–Kier alpha value is -1.44. The van der Waals surface area contributed by atoms with Gasteiger partial charge in [-0.3, -0.25) is 0 Å². The zero-order valence-corrected chi connectivity index (χ0v) is 13.1. The fourth-order valence-electron chi connectivity index (χ4n) is 2.58. The van der Waals surface area contributed by atoms with Crippen molar-refractivity contribution in [2.75, 3.05) is 37.5 Å². The Kier molecular flexibility index (Phi) is 3.97. The van der Waals surface area contributed by atoms with E-state index in [4.69, 9.17) is 4.74 Å². The molecule has 21 heavy (non-hydrogen) atoms. The number of fused-ring (bicyclic) bond motifs is 1. The van der Waals surface area contributed by atoms with Crippen molar-refractivity contribution < 1.29 is 9.84 Å². The van der Waals surface area contributed by atoms with Gasteiger partial charge in [0.15, 0.2) is 0 Å². The summed E-state index contributed by atoms with van der Waals surface area (Å²) < 4.78 is 5.41. The van der Waals surface area contributed by atoms with E-state index in [-0.39, 0.29) is 12.1 Å². The van der Waals surface area contributed by atoms with E-state index in [1.54, 1.807) is 11.3 Å². The molecular formula is C14H20N4O2S. The predicted molar refractivity (Wildman–Crippen MR) is 85.2 cm³/mol. The molecule has 3 rings (SSSR count). The van der Waals surface area contributed by atoms with Gasteiger partial charge in [-0.05, 0) is 25.8 Å². The molecule has 1 saturated heterocycles. The number of aliphatic hydroxyl groups excluding tert-OH is 1. The summed E-state index contributed by atoms with van der Waals surface area (Å²) in [6, 6.07) is 2.09. The van der Waals surface area contributed by atoms with Crippen LogP contribution in [0.1, 0.15) is 17.7 Å². The molecule has 0 amide bonds. The van der Waals surface area contributed by atoms with Crippen molar-refractivity contribution in [3.8, 4) is 0 Å². The second-order valence-electron chi connectivity index (χ2n) is 5.40. The lowest BCUT2D eigenvalue weighted by molar-refractivity contribution is 0.0379. The second kappa shape index (κ2) is 5.75. The van der Waals surface area contributed by atoms with E-state index >= 15 is 0 Å². The molecule has 3 N–H and O–H groups in total. The first-order valence-electron chi connectivity index (χ1n) is 7.08. The summed E-state index contributed by atoms with van der Waals surface area (Å²) in [5.74, 6) is 1.37. The number of nitrogens with zero attached hydrogens (tertiary/aromatic N) is 2. The van der Waals surface area contributed by atoms with Crippen LogP contribution in [0.25, 0.3) is 10.2 Å². The summed E-state index contributed by atoms with van der Waals surface area (Å²) in [5, 5.41) is 17.3. The Bertz CT molecular complexity index is 637. The Morgan fingerprint density at radius 3 is 2.81 bits per heavy atom. The average molecular weight is 308 g/mol. The summed E-state index contributed by atoms with van der Waals surface area (Å²) >= 11 is 1.65. The van der Waals surface area contributed by atoms with Gasteiger partial charge in [-0.2, -0.15) is 4.98 Å². The summed E-state index contributed by atoms with van der Waals surface area (Å²) in [4.78, 5) is 11.2. The molecule has 1 aliphatic heterocycles. The molecule has 1 fully saturated rings. The highest BCUT2D eigenvalue weighted by molar-refractivity contribution is 7.18. The Morgan fingerprint density at radius 1 is 1.38 bits per heavy atom. The van der Waals surface area contributed by atoms with E-state index in [2.05, 4.69) is 33.6 Å². The number of ether oxygens (including phenoxy) is 1. The minimum absolute atomic E-state index is 0.0693. The van der Waals surface area contributed by atoms with E-state index in [1.165, 1.54) is 4.88 Å². The number of hydrogen-bond acceptors (Lipinski definition) is 7. The Labute approximate surface area is 127 Å². The number of aliphatic hydroxyl groups is 1. The normalized spacial score (nSPS) is 17.9. The topological polar surface area (TPSA) is 79.3 Å². The smallest absolute Gasteiger partial charge is 0.225 e. The van der Waals surface area contributed by atoms with Crippen LogP contribution in [0.15, 0.2) is 6.07 Å². The van der Waals surface area contributed by atoms with Gasteiger partial charge in [0.25, 0.3) is 0 Å². The molecule has 2 aromatic heterocycles. The molecule has 1 aliphatic rings. The number of nitrogens with one attached hydrogen (secondary N) is 2. The highest BCUT2D eigenvalue weighted by atomic mass is 32.1. The van der Waals surface area contributed by atoms with Gasteiger partial charge in [0.05, 0.1) is 17.5 Å². The highest BCUT2D eigenvalue weighted by Crippen LogP contribution is 2.33. The fourth-order valence-corrected chi connectivity index (χ4v) is 3.46. The standard InChI is InChI=1S/C14H20N4O2S/c1-9-7-10-11(16-13(15-2)17-12(10)21-9)18-14(8-19)3-5-20-6-4-14/h7,19H,3-6,8H2,1-2H3,(H2,15,16,17,18). The molecule has 2 aromatic rings. The lowest BCUT2D eigenvalue weighted by atomic mass is 9.91. The van der Waals surface area contributed by atoms with Crippen molar-refractivity contribution in [2.45, 2.75) is 25.3 Å². The van der Waals surface area contributed by atoms with Crippen LogP contribution < -0.4 is 10.6 Å². The third kappa shape index (κ3) is 2.81. The van der Waals surface area contributed by atoms with Crippen LogP contribution in [0.2, 0.25) is 0 Å². The number of hydrogen-bond donors (Lipinski definition) is 3. The first-order valence-corrected chi connectivity index (χ1v) is 7.90. The molecule has 0 bridgehead atoms. The van der Waals surface area contributed by atoms with Crippen LogP contribution in [-0.4, -0.2) is 47.5 Å². The van der Waals surface area contributed by atoms with Gasteiger partial charge in [-0.25, -0.2) is 4.98 Å². The molecule has 0 spiro atoms. The van der Waals surface area contributed by atoms with Crippen LogP contribution in [0.3, 0.4) is 0 Å². The van der Waals surface area contributed by atoms with Crippen LogP contribution in [0.4, 0.5) is 11.8 Å². The molecule has 114 valence electrons. The van der Waals surface area contributed by atoms with Gasteiger partial charge >= 0.3 is 0 Å². The average Bonchev–Trinajstić information content (AvgIpc) is 2.88. The zero-order chi connectivity index (χ0) is 14.9. The fraction of sp³-hybridized carbons (Fsp3) is 0.571. The number of anilines is 2. The molecule has 0 radical (unpaired) electrons. The van der Waals surface area contributed by atoms with Gasteiger partial charge in [0, 0.05) is 25.1 Å². The van der Waals surface area contributed by atoms with Gasteiger partial charge in [0.1, 0.15) is 10.6 Å². The quantitative estimate of drug-likeness (QED) is 0.802. The van der Waals surface area contributed by atoms with Crippen molar-refractivity contribution in [3.63, 3.8) is 0 Å². The van der Waals surface area contributed by atoms with E-state index in [1.807, 2.05) is 7.05 Å². The van der Waals surface area contributed by atoms with Crippen molar-refractivity contribution in [3.05, 3.63) is 10.9 Å². The van der Waals surface area contributed by atoms with E-state index < -0.39 is 0 Å². The monoisotopic (exact) mass is 308 g/mol. The van der Waals surface area contributed by atoms with E-state index in [9.17, 15) is 5.11 Å². The van der Waals surface area contributed by atoms with Crippen LogP contribution >= 0.6 is 11.3 Å².